The summed E-state index contributed by atoms with van der Waals surface area (Å²) in [6, 6.07) is 13.8. The Hall–Kier alpha value is -3.53. The van der Waals surface area contributed by atoms with E-state index in [1.54, 1.807) is 12.1 Å². The van der Waals surface area contributed by atoms with Gasteiger partial charge in [-0.25, -0.2) is 13.9 Å². The van der Waals surface area contributed by atoms with E-state index in [2.05, 4.69) is 10.3 Å². The number of hydrogen-bond acceptors (Lipinski definition) is 4. The highest BCUT2D eigenvalue weighted by Gasteiger charge is 2.19. The van der Waals surface area contributed by atoms with Gasteiger partial charge in [0.05, 0.1) is 11.3 Å². The molecule has 0 fully saturated rings. The number of aromatic carboxylic acids is 1. The van der Waals surface area contributed by atoms with Gasteiger partial charge in [-0.15, -0.1) is 5.10 Å². The van der Waals surface area contributed by atoms with Crippen molar-refractivity contribution in [3.05, 3.63) is 65.6 Å². The van der Waals surface area contributed by atoms with Crippen molar-refractivity contribution in [2.75, 3.05) is 0 Å². The van der Waals surface area contributed by atoms with Gasteiger partial charge in [0, 0.05) is 5.56 Å². The summed E-state index contributed by atoms with van der Waals surface area (Å²) in [6.07, 6.45) is 0. The Balaban J connectivity index is 2.25. The molecule has 3 rings (SSSR count). The lowest BCUT2D eigenvalue weighted by atomic mass is 10.1. The van der Waals surface area contributed by atoms with Crippen molar-refractivity contribution in [3.8, 4) is 23.0 Å². The predicted molar refractivity (Wildman–Crippen MR) is 78.4 cm³/mol. The number of carbonyl (C=O) groups is 1. The number of rotatable bonds is 3. The molecule has 2 aromatic carbocycles. The fourth-order valence-electron chi connectivity index (χ4n) is 2.20. The summed E-state index contributed by atoms with van der Waals surface area (Å²) in [6.45, 7) is 0. The first kappa shape index (κ1) is 14.4. The second-order valence-corrected chi connectivity index (χ2v) is 4.65. The molecule has 0 saturated heterocycles. The fourth-order valence-corrected chi connectivity index (χ4v) is 2.20. The maximum Gasteiger partial charge on any atom is 0.335 e. The molecular weight excluding hydrogens is 299 g/mol. The molecule has 0 spiro atoms. The van der Waals surface area contributed by atoms with Crippen molar-refractivity contribution in [3.63, 3.8) is 0 Å². The predicted octanol–water partition coefficient (Wildman–Crippen LogP) is 2.64. The molecular formula is C16H9FN4O2. The van der Waals surface area contributed by atoms with Gasteiger partial charge in [0.15, 0.2) is 5.69 Å². The molecule has 0 aliphatic heterocycles. The molecule has 23 heavy (non-hydrogen) atoms. The lowest BCUT2D eigenvalue weighted by Crippen LogP contribution is -2.03. The summed E-state index contributed by atoms with van der Waals surface area (Å²) in [7, 11) is 0. The van der Waals surface area contributed by atoms with E-state index in [0.717, 1.165) is 0 Å². The normalized spacial score (nSPS) is 10.3. The van der Waals surface area contributed by atoms with E-state index in [9.17, 15) is 14.4 Å². The van der Waals surface area contributed by atoms with E-state index in [0.29, 0.717) is 5.69 Å². The Morgan fingerprint density at radius 2 is 2.00 bits per heavy atom. The molecule has 112 valence electrons. The fraction of sp³-hybridized carbons (Fsp3) is 0. The first-order valence-corrected chi connectivity index (χ1v) is 6.56. The van der Waals surface area contributed by atoms with Gasteiger partial charge < -0.3 is 5.11 Å². The molecule has 1 N–H and O–H groups in total. The topological polar surface area (TPSA) is 91.8 Å². The highest BCUT2D eigenvalue weighted by molar-refractivity contribution is 5.88. The summed E-state index contributed by atoms with van der Waals surface area (Å²) in [5.41, 5.74) is 0.715. The maximum atomic E-state index is 14.1. The zero-order valence-electron chi connectivity index (χ0n) is 11.6. The first-order valence-electron chi connectivity index (χ1n) is 6.56. The lowest BCUT2D eigenvalue weighted by Gasteiger charge is -2.08. The molecule has 0 amide bonds. The molecule has 0 aliphatic carbocycles. The summed E-state index contributed by atoms with van der Waals surface area (Å²) in [5.74, 6) is -1.62. The average Bonchev–Trinajstić information content (AvgIpc) is 2.99. The minimum absolute atomic E-state index is 0.0455. The number of nitriles is 1. The van der Waals surface area contributed by atoms with E-state index in [-0.39, 0.29) is 22.5 Å². The second kappa shape index (κ2) is 5.69. The van der Waals surface area contributed by atoms with Crippen LogP contribution in [-0.4, -0.2) is 26.1 Å². The van der Waals surface area contributed by atoms with Crippen LogP contribution in [0.2, 0.25) is 0 Å². The molecule has 1 heterocycles. The van der Waals surface area contributed by atoms with Crippen LogP contribution in [0.4, 0.5) is 4.39 Å². The van der Waals surface area contributed by atoms with Gasteiger partial charge in [0.1, 0.15) is 17.6 Å². The molecule has 0 radical (unpaired) electrons. The second-order valence-electron chi connectivity index (χ2n) is 4.65. The van der Waals surface area contributed by atoms with Gasteiger partial charge in [0.25, 0.3) is 0 Å². The van der Waals surface area contributed by atoms with Crippen LogP contribution in [0.3, 0.4) is 0 Å². The quantitative estimate of drug-likeness (QED) is 0.803. The van der Waals surface area contributed by atoms with Crippen LogP contribution < -0.4 is 0 Å². The molecule has 0 aliphatic rings. The largest absolute Gasteiger partial charge is 0.478 e. The molecule has 6 nitrogen and oxygen atoms in total. The Labute approximate surface area is 130 Å². The average molecular weight is 308 g/mol. The zero-order chi connectivity index (χ0) is 16.4. The van der Waals surface area contributed by atoms with Crippen molar-refractivity contribution in [2.45, 2.75) is 0 Å². The number of carboxylic acid groups (broad SMARTS) is 1. The SMILES string of the molecule is N#Cc1nnn(-c2cccc(C(=O)O)c2)c1-c1ccccc1F. The van der Waals surface area contributed by atoms with Crippen molar-refractivity contribution >= 4 is 5.97 Å². The zero-order valence-corrected chi connectivity index (χ0v) is 11.6. The summed E-state index contributed by atoms with van der Waals surface area (Å²) in [5, 5.41) is 25.9. The Morgan fingerprint density at radius 1 is 1.22 bits per heavy atom. The number of carboxylic acids is 1. The molecule has 3 aromatic rings. The van der Waals surface area contributed by atoms with Crippen LogP contribution in [0.5, 0.6) is 0 Å². The molecule has 0 bridgehead atoms. The van der Waals surface area contributed by atoms with E-state index >= 15 is 0 Å². The molecule has 0 saturated carbocycles. The summed E-state index contributed by atoms with van der Waals surface area (Å²) in [4.78, 5) is 11.1. The lowest BCUT2D eigenvalue weighted by molar-refractivity contribution is 0.0697. The first-order chi connectivity index (χ1) is 11.1. The summed E-state index contributed by atoms with van der Waals surface area (Å²) >= 11 is 0. The van der Waals surface area contributed by atoms with Gasteiger partial charge in [0.2, 0.25) is 0 Å². The van der Waals surface area contributed by atoms with Crippen LogP contribution in [0.15, 0.2) is 48.5 Å². The van der Waals surface area contributed by atoms with Crippen LogP contribution in [-0.2, 0) is 0 Å². The Kier molecular flexibility index (Phi) is 3.57. The van der Waals surface area contributed by atoms with Gasteiger partial charge in [-0.05, 0) is 30.3 Å². The van der Waals surface area contributed by atoms with E-state index in [1.165, 1.54) is 41.1 Å². The number of aromatic nitrogens is 3. The van der Waals surface area contributed by atoms with Gasteiger partial charge >= 0.3 is 5.97 Å². The standard InChI is InChI=1S/C16H9FN4O2/c17-13-7-2-1-6-12(13)15-14(9-18)19-20-21(15)11-5-3-4-10(8-11)16(22)23/h1-8H,(H,22,23). The van der Waals surface area contributed by atoms with Crippen molar-refractivity contribution in [1.29, 1.82) is 5.26 Å². The van der Waals surface area contributed by atoms with Gasteiger partial charge in [-0.1, -0.05) is 23.4 Å². The van der Waals surface area contributed by atoms with Crippen LogP contribution in [0, 0.1) is 17.1 Å². The minimum Gasteiger partial charge on any atom is -0.478 e. The number of halogens is 1. The van der Waals surface area contributed by atoms with Crippen molar-refractivity contribution in [2.24, 2.45) is 0 Å². The Morgan fingerprint density at radius 3 is 2.70 bits per heavy atom. The molecule has 7 heteroatoms. The summed E-state index contributed by atoms with van der Waals surface area (Å²) < 4.78 is 15.4. The van der Waals surface area contributed by atoms with Crippen molar-refractivity contribution in [1.82, 2.24) is 15.0 Å². The molecule has 1 aromatic heterocycles. The number of benzene rings is 2. The highest BCUT2D eigenvalue weighted by atomic mass is 19.1. The van der Waals surface area contributed by atoms with E-state index < -0.39 is 11.8 Å². The van der Waals surface area contributed by atoms with Crippen LogP contribution in [0.1, 0.15) is 16.1 Å². The third-order valence-corrected chi connectivity index (χ3v) is 3.24. The van der Waals surface area contributed by atoms with E-state index in [1.807, 2.05) is 6.07 Å². The monoisotopic (exact) mass is 308 g/mol. The molecule has 0 unspecified atom stereocenters. The smallest absolute Gasteiger partial charge is 0.335 e. The highest BCUT2D eigenvalue weighted by Crippen LogP contribution is 2.27. The Bertz CT molecular complexity index is 943. The van der Waals surface area contributed by atoms with Gasteiger partial charge in [-0.3, -0.25) is 0 Å². The van der Waals surface area contributed by atoms with Crippen LogP contribution >= 0.6 is 0 Å². The van der Waals surface area contributed by atoms with Crippen LogP contribution in [0.25, 0.3) is 16.9 Å². The van der Waals surface area contributed by atoms with Gasteiger partial charge in [-0.2, -0.15) is 5.26 Å². The third kappa shape index (κ3) is 2.53. The maximum absolute atomic E-state index is 14.1. The minimum atomic E-state index is -1.10. The van der Waals surface area contributed by atoms with E-state index in [4.69, 9.17) is 5.11 Å². The third-order valence-electron chi connectivity index (χ3n) is 3.24. The molecule has 0 atom stereocenters. The number of nitrogens with zero attached hydrogens (tertiary/aromatic N) is 4. The number of hydrogen-bond donors (Lipinski definition) is 1. The van der Waals surface area contributed by atoms with Crippen molar-refractivity contribution < 1.29 is 14.3 Å².